The topological polar surface area (TPSA) is 55.6 Å². The van der Waals surface area contributed by atoms with Gasteiger partial charge in [0.2, 0.25) is 0 Å². The van der Waals surface area contributed by atoms with Crippen molar-refractivity contribution in [2.45, 2.75) is 47.1 Å². The third-order valence-corrected chi connectivity index (χ3v) is 5.71. The summed E-state index contributed by atoms with van der Waals surface area (Å²) in [6.45, 7) is 8.90. The molecule has 0 bridgehead atoms. The predicted octanol–water partition coefficient (Wildman–Crippen LogP) is 5.08. The number of hydrogen-bond donors (Lipinski definition) is 0. The fourth-order valence-corrected chi connectivity index (χ4v) is 3.82. The summed E-state index contributed by atoms with van der Waals surface area (Å²) in [5.41, 5.74) is 6.68. The summed E-state index contributed by atoms with van der Waals surface area (Å²) in [5.74, 6) is 1.29. The van der Waals surface area contributed by atoms with Crippen LogP contribution in [0.2, 0.25) is 0 Å². The van der Waals surface area contributed by atoms with Gasteiger partial charge in [0.1, 0.15) is 18.1 Å². The van der Waals surface area contributed by atoms with E-state index in [9.17, 15) is 4.79 Å². The molecule has 0 radical (unpaired) electrons. The van der Waals surface area contributed by atoms with Crippen molar-refractivity contribution in [1.29, 1.82) is 0 Å². The van der Waals surface area contributed by atoms with Gasteiger partial charge in [0.15, 0.2) is 5.69 Å². The van der Waals surface area contributed by atoms with E-state index in [4.69, 9.17) is 9.26 Å². The van der Waals surface area contributed by atoms with Crippen LogP contribution >= 0.6 is 0 Å². The number of carbonyl (C=O) groups excluding carboxylic acids is 1. The van der Waals surface area contributed by atoms with Crippen molar-refractivity contribution < 1.29 is 14.1 Å². The van der Waals surface area contributed by atoms with Crippen LogP contribution in [-0.4, -0.2) is 17.6 Å². The highest BCUT2D eigenvalue weighted by atomic mass is 16.5. The molecule has 0 spiro atoms. The number of aryl methyl sites for hydroxylation is 4. The molecule has 1 aliphatic heterocycles. The number of amides is 1. The Kier molecular flexibility index (Phi) is 5.14. The van der Waals surface area contributed by atoms with E-state index in [0.717, 1.165) is 29.8 Å². The summed E-state index contributed by atoms with van der Waals surface area (Å²) in [4.78, 5) is 15.2. The molecule has 4 rings (SSSR count). The number of anilines is 1. The fourth-order valence-electron chi connectivity index (χ4n) is 3.82. The van der Waals surface area contributed by atoms with Crippen LogP contribution in [0.15, 0.2) is 40.9 Å². The zero-order valence-electron chi connectivity index (χ0n) is 17.4. The van der Waals surface area contributed by atoms with E-state index in [1.165, 1.54) is 16.7 Å². The van der Waals surface area contributed by atoms with Crippen molar-refractivity contribution in [2.24, 2.45) is 0 Å². The van der Waals surface area contributed by atoms with Gasteiger partial charge in [0.05, 0.1) is 5.56 Å². The van der Waals surface area contributed by atoms with E-state index in [2.05, 4.69) is 31.1 Å². The summed E-state index contributed by atoms with van der Waals surface area (Å²) in [5, 5.41) is 4.09. The molecule has 5 nitrogen and oxygen atoms in total. The van der Waals surface area contributed by atoms with E-state index in [0.29, 0.717) is 23.6 Å². The van der Waals surface area contributed by atoms with Crippen LogP contribution in [0.3, 0.4) is 0 Å². The Morgan fingerprint density at radius 1 is 1.17 bits per heavy atom. The molecule has 0 atom stereocenters. The normalized spacial score (nSPS) is 13.3. The molecule has 3 aromatic rings. The van der Waals surface area contributed by atoms with Gasteiger partial charge in [-0.3, -0.25) is 4.79 Å². The quantitative estimate of drug-likeness (QED) is 0.623. The van der Waals surface area contributed by atoms with Crippen LogP contribution in [0.25, 0.3) is 0 Å². The molecule has 5 heteroatoms. The summed E-state index contributed by atoms with van der Waals surface area (Å²) in [6, 6.07) is 12.2. The average molecular weight is 390 g/mol. The standard InChI is InChI=1S/C24H26N2O3/c1-15-10-11-21-19(13-15)8-6-12-26(21)24(27)23-20(18(4)29-25-23)14-28-22-9-5-7-16(2)17(22)3/h5,7,9-11,13H,6,8,12,14H2,1-4H3. The lowest BCUT2D eigenvalue weighted by molar-refractivity contribution is 0.0974. The molecule has 1 aliphatic rings. The van der Waals surface area contributed by atoms with E-state index < -0.39 is 0 Å². The lowest BCUT2D eigenvalue weighted by Crippen LogP contribution is -2.36. The maximum absolute atomic E-state index is 13.4. The highest BCUT2D eigenvalue weighted by molar-refractivity contribution is 6.06. The Bertz CT molecular complexity index is 1070. The molecule has 0 unspecified atom stereocenters. The average Bonchev–Trinajstić information content (AvgIpc) is 3.08. The van der Waals surface area contributed by atoms with Gasteiger partial charge in [-0.15, -0.1) is 0 Å². The molecule has 150 valence electrons. The summed E-state index contributed by atoms with van der Waals surface area (Å²) < 4.78 is 11.4. The maximum Gasteiger partial charge on any atom is 0.280 e. The van der Waals surface area contributed by atoms with E-state index >= 15 is 0 Å². The van der Waals surface area contributed by atoms with Gasteiger partial charge >= 0.3 is 0 Å². The second-order valence-electron chi connectivity index (χ2n) is 7.75. The molecule has 2 heterocycles. The van der Waals surface area contributed by atoms with Gasteiger partial charge in [-0.05, 0) is 69.4 Å². The van der Waals surface area contributed by atoms with Gasteiger partial charge < -0.3 is 14.2 Å². The van der Waals surface area contributed by atoms with E-state index in [-0.39, 0.29) is 12.5 Å². The Morgan fingerprint density at radius 3 is 2.83 bits per heavy atom. The number of nitrogens with zero attached hydrogens (tertiary/aromatic N) is 2. The number of rotatable bonds is 4. The Morgan fingerprint density at radius 2 is 2.00 bits per heavy atom. The van der Waals surface area contributed by atoms with Crippen molar-refractivity contribution in [3.05, 3.63) is 75.7 Å². The van der Waals surface area contributed by atoms with Crippen molar-refractivity contribution in [2.75, 3.05) is 11.4 Å². The van der Waals surface area contributed by atoms with Gasteiger partial charge in [-0.2, -0.15) is 0 Å². The van der Waals surface area contributed by atoms with Crippen LogP contribution in [0, 0.1) is 27.7 Å². The molecule has 0 fully saturated rings. The highest BCUT2D eigenvalue weighted by Gasteiger charge is 2.29. The van der Waals surface area contributed by atoms with Gasteiger partial charge in [-0.25, -0.2) is 0 Å². The lowest BCUT2D eigenvalue weighted by atomic mass is 9.99. The maximum atomic E-state index is 13.4. The smallest absolute Gasteiger partial charge is 0.280 e. The largest absolute Gasteiger partial charge is 0.488 e. The van der Waals surface area contributed by atoms with Gasteiger partial charge in [-0.1, -0.05) is 35.0 Å². The zero-order valence-corrected chi connectivity index (χ0v) is 17.4. The minimum Gasteiger partial charge on any atom is -0.488 e. The molecule has 0 saturated heterocycles. The number of carbonyl (C=O) groups is 1. The van der Waals surface area contributed by atoms with Crippen molar-refractivity contribution in [3.63, 3.8) is 0 Å². The number of benzene rings is 2. The fraction of sp³-hybridized carbons (Fsp3) is 0.333. The number of hydrogen-bond acceptors (Lipinski definition) is 4. The molecule has 1 aromatic heterocycles. The monoisotopic (exact) mass is 390 g/mol. The van der Waals surface area contributed by atoms with Crippen LogP contribution in [-0.2, 0) is 13.0 Å². The second-order valence-corrected chi connectivity index (χ2v) is 7.75. The van der Waals surface area contributed by atoms with Crippen LogP contribution < -0.4 is 9.64 Å². The summed E-state index contributed by atoms with van der Waals surface area (Å²) in [6.07, 6.45) is 1.93. The van der Waals surface area contributed by atoms with Crippen LogP contribution in [0.1, 0.15) is 50.5 Å². The first-order valence-corrected chi connectivity index (χ1v) is 10.0. The van der Waals surface area contributed by atoms with E-state index in [1.54, 1.807) is 0 Å². The number of ether oxygens (including phenoxy) is 1. The molecular weight excluding hydrogens is 364 g/mol. The van der Waals surface area contributed by atoms with Crippen molar-refractivity contribution in [3.8, 4) is 5.75 Å². The molecule has 2 aromatic carbocycles. The SMILES string of the molecule is Cc1ccc2c(c1)CCCN2C(=O)c1noc(C)c1COc1cccc(C)c1C. The van der Waals surface area contributed by atoms with E-state index in [1.807, 2.05) is 43.0 Å². The molecule has 0 aliphatic carbocycles. The van der Waals surface area contributed by atoms with Gasteiger partial charge in [0.25, 0.3) is 5.91 Å². The predicted molar refractivity (Wildman–Crippen MR) is 113 cm³/mol. The second kappa shape index (κ2) is 7.74. The third-order valence-electron chi connectivity index (χ3n) is 5.71. The van der Waals surface area contributed by atoms with Crippen LogP contribution in [0.4, 0.5) is 5.69 Å². The summed E-state index contributed by atoms with van der Waals surface area (Å²) in [7, 11) is 0. The first-order valence-electron chi connectivity index (χ1n) is 10.0. The third kappa shape index (κ3) is 3.65. The highest BCUT2D eigenvalue weighted by Crippen LogP contribution is 2.30. The first-order chi connectivity index (χ1) is 14.0. The Labute approximate surface area is 171 Å². The zero-order chi connectivity index (χ0) is 20.5. The van der Waals surface area contributed by atoms with Crippen molar-refractivity contribution >= 4 is 11.6 Å². The number of aromatic nitrogens is 1. The number of fused-ring (bicyclic) bond motifs is 1. The summed E-state index contributed by atoms with van der Waals surface area (Å²) >= 11 is 0. The van der Waals surface area contributed by atoms with Crippen LogP contribution in [0.5, 0.6) is 5.75 Å². The molecule has 0 N–H and O–H groups in total. The molecular formula is C24H26N2O3. The Hall–Kier alpha value is -3.08. The minimum absolute atomic E-state index is 0.133. The lowest BCUT2D eigenvalue weighted by Gasteiger charge is -2.29. The molecule has 29 heavy (non-hydrogen) atoms. The molecule has 1 amide bonds. The van der Waals surface area contributed by atoms with Crippen molar-refractivity contribution in [1.82, 2.24) is 5.16 Å². The first kappa shape index (κ1) is 19.2. The Balaban J connectivity index is 1.61. The minimum atomic E-state index is -0.133. The molecule has 0 saturated carbocycles. The van der Waals surface area contributed by atoms with Gasteiger partial charge in [0, 0.05) is 12.2 Å².